The molecule has 96 valence electrons. The van der Waals surface area contributed by atoms with Gasteiger partial charge in [-0.15, -0.1) is 5.10 Å². The smallest absolute Gasteiger partial charge is 0.237 e. The van der Waals surface area contributed by atoms with E-state index in [2.05, 4.69) is 25.8 Å². The van der Waals surface area contributed by atoms with Crippen molar-refractivity contribution in [2.45, 2.75) is 37.8 Å². The van der Waals surface area contributed by atoms with Gasteiger partial charge in [0.05, 0.1) is 12.4 Å². The second-order valence-corrected chi connectivity index (χ2v) is 4.53. The number of ether oxygens (including phenoxy) is 1. The molecule has 2 aromatic heterocycles. The van der Waals surface area contributed by atoms with E-state index in [1.165, 1.54) is 12.8 Å². The number of nitrogens with zero attached hydrogens (tertiary/aromatic N) is 5. The zero-order valence-electron chi connectivity index (χ0n) is 10.3. The van der Waals surface area contributed by atoms with E-state index < -0.39 is 0 Å². The molecule has 1 fully saturated rings. The van der Waals surface area contributed by atoms with Crippen molar-refractivity contribution < 1.29 is 4.74 Å². The molecule has 1 aliphatic carbocycles. The number of nitrogens with one attached hydrogen (secondary N) is 1. The summed E-state index contributed by atoms with van der Waals surface area (Å²) in [6.07, 6.45) is 8.05. The number of fused-ring (bicyclic) bond motifs is 1. The van der Waals surface area contributed by atoms with Gasteiger partial charge < -0.3 is 10.1 Å². The molecule has 0 spiro atoms. The average molecular weight is 248 g/mol. The van der Waals surface area contributed by atoms with E-state index in [9.17, 15) is 0 Å². The molecule has 1 saturated carbocycles. The fourth-order valence-electron chi connectivity index (χ4n) is 2.46. The first kappa shape index (κ1) is 11.3. The number of rotatable bonds is 3. The van der Waals surface area contributed by atoms with Gasteiger partial charge in [0.2, 0.25) is 11.5 Å². The van der Waals surface area contributed by atoms with Crippen molar-refractivity contribution in [3.63, 3.8) is 0 Å². The van der Waals surface area contributed by atoms with Gasteiger partial charge in [-0.2, -0.15) is 4.52 Å². The van der Waals surface area contributed by atoms with Crippen LogP contribution in [0.5, 0.6) is 5.88 Å². The van der Waals surface area contributed by atoms with Crippen LogP contribution in [-0.4, -0.2) is 44.2 Å². The lowest BCUT2D eigenvalue weighted by molar-refractivity contribution is 0.109. The first-order valence-corrected chi connectivity index (χ1v) is 6.24. The predicted octanol–water partition coefficient (Wildman–Crippen LogP) is 0.429. The molecule has 0 radical (unpaired) electrons. The highest BCUT2D eigenvalue weighted by Gasteiger charge is 2.26. The second kappa shape index (κ2) is 4.85. The molecule has 1 aliphatic rings. The molecule has 0 bridgehead atoms. The van der Waals surface area contributed by atoms with Crippen LogP contribution in [0, 0.1) is 0 Å². The third kappa shape index (κ3) is 2.01. The van der Waals surface area contributed by atoms with Gasteiger partial charge in [-0.1, -0.05) is 6.42 Å². The lowest BCUT2D eigenvalue weighted by atomic mass is 9.92. The maximum absolute atomic E-state index is 6.03. The van der Waals surface area contributed by atoms with Crippen molar-refractivity contribution >= 4 is 5.65 Å². The fraction of sp³-hybridized carbons (Fsp3) is 0.636. The third-order valence-electron chi connectivity index (χ3n) is 3.42. The maximum Gasteiger partial charge on any atom is 0.237 e. The Hall–Kier alpha value is -1.76. The fourth-order valence-corrected chi connectivity index (χ4v) is 2.46. The Labute approximate surface area is 105 Å². The van der Waals surface area contributed by atoms with Crippen LogP contribution in [0.4, 0.5) is 0 Å². The van der Waals surface area contributed by atoms with E-state index in [1.54, 1.807) is 16.9 Å². The Morgan fingerprint density at radius 3 is 3.11 bits per heavy atom. The molecule has 7 heteroatoms. The highest BCUT2D eigenvalue weighted by atomic mass is 16.5. The normalized spacial score (nSPS) is 24.3. The lowest BCUT2D eigenvalue weighted by Gasteiger charge is -2.31. The summed E-state index contributed by atoms with van der Waals surface area (Å²) >= 11 is 0. The molecule has 2 heterocycles. The first-order valence-electron chi connectivity index (χ1n) is 6.24. The van der Waals surface area contributed by atoms with Gasteiger partial charge in [0, 0.05) is 6.04 Å². The van der Waals surface area contributed by atoms with Crippen LogP contribution in [0.2, 0.25) is 0 Å². The summed E-state index contributed by atoms with van der Waals surface area (Å²) in [7, 11) is 1.97. The summed E-state index contributed by atoms with van der Waals surface area (Å²) in [5.74, 6) is 0.602. The van der Waals surface area contributed by atoms with Crippen molar-refractivity contribution in [3.8, 4) is 5.88 Å². The van der Waals surface area contributed by atoms with Gasteiger partial charge in [-0.3, -0.25) is 4.98 Å². The first-order chi connectivity index (χ1) is 8.88. The van der Waals surface area contributed by atoms with E-state index in [1.807, 2.05) is 7.05 Å². The molecule has 18 heavy (non-hydrogen) atoms. The van der Waals surface area contributed by atoms with Crippen LogP contribution in [0.1, 0.15) is 25.7 Å². The summed E-state index contributed by atoms with van der Waals surface area (Å²) < 4.78 is 7.60. The van der Waals surface area contributed by atoms with Crippen molar-refractivity contribution in [2.75, 3.05) is 7.05 Å². The number of hydrogen-bond donors (Lipinski definition) is 1. The Bertz CT molecular complexity index is 527. The Kier molecular flexibility index (Phi) is 3.06. The molecule has 2 unspecified atom stereocenters. The maximum atomic E-state index is 6.03. The highest BCUT2D eigenvalue weighted by molar-refractivity contribution is 5.34. The summed E-state index contributed by atoms with van der Waals surface area (Å²) in [5.41, 5.74) is 0.601. The van der Waals surface area contributed by atoms with Crippen LogP contribution < -0.4 is 10.1 Å². The van der Waals surface area contributed by atoms with Gasteiger partial charge in [0.1, 0.15) is 6.10 Å². The van der Waals surface area contributed by atoms with Crippen LogP contribution in [0.3, 0.4) is 0 Å². The minimum atomic E-state index is 0.153. The zero-order chi connectivity index (χ0) is 12.4. The molecule has 1 N–H and O–H groups in total. The van der Waals surface area contributed by atoms with Crippen molar-refractivity contribution in [1.82, 2.24) is 30.3 Å². The predicted molar refractivity (Wildman–Crippen MR) is 64.3 cm³/mol. The topological polar surface area (TPSA) is 77.2 Å². The lowest BCUT2D eigenvalue weighted by Crippen LogP contribution is -2.43. The van der Waals surface area contributed by atoms with E-state index in [-0.39, 0.29) is 6.10 Å². The van der Waals surface area contributed by atoms with Crippen LogP contribution >= 0.6 is 0 Å². The molecular formula is C11H16N6O. The minimum Gasteiger partial charge on any atom is -0.471 e. The molecule has 7 nitrogen and oxygen atoms in total. The number of hydrogen-bond acceptors (Lipinski definition) is 6. The highest BCUT2D eigenvalue weighted by Crippen LogP contribution is 2.23. The van der Waals surface area contributed by atoms with E-state index in [4.69, 9.17) is 4.74 Å². The summed E-state index contributed by atoms with van der Waals surface area (Å²) in [6.45, 7) is 0. The van der Waals surface area contributed by atoms with Gasteiger partial charge in [0.15, 0.2) is 0 Å². The monoisotopic (exact) mass is 248 g/mol. The van der Waals surface area contributed by atoms with Gasteiger partial charge in [-0.05, 0) is 36.7 Å². The SMILES string of the molecule is CNC1CCCCC1Oc1cncc2nnnn12. The van der Waals surface area contributed by atoms with E-state index in [0.717, 1.165) is 12.8 Å². The van der Waals surface area contributed by atoms with Gasteiger partial charge in [0.25, 0.3) is 0 Å². The third-order valence-corrected chi connectivity index (χ3v) is 3.42. The summed E-state index contributed by atoms with van der Waals surface area (Å²) in [5, 5.41) is 14.7. The molecule has 0 aliphatic heterocycles. The number of tetrazole rings is 1. The molecule has 0 saturated heterocycles. The van der Waals surface area contributed by atoms with Crippen molar-refractivity contribution in [3.05, 3.63) is 12.4 Å². The largest absolute Gasteiger partial charge is 0.471 e. The van der Waals surface area contributed by atoms with Crippen LogP contribution in [0.15, 0.2) is 12.4 Å². The van der Waals surface area contributed by atoms with E-state index >= 15 is 0 Å². The average Bonchev–Trinajstić information content (AvgIpc) is 2.89. The van der Waals surface area contributed by atoms with Crippen molar-refractivity contribution in [1.29, 1.82) is 0 Å². The summed E-state index contributed by atoms with van der Waals surface area (Å²) in [4.78, 5) is 4.09. The quantitative estimate of drug-likeness (QED) is 0.848. The number of likely N-dealkylation sites (N-methyl/N-ethyl adjacent to an activating group) is 1. The van der Waals surface area contributed by atoms with Crippen LogP contribution in [0.25, 0.3) is 5.65 Å². The minimum absolute atomic E-state index is 0.153. The van der Waals surface area contributed by atoms with E-state index in [0.29, 0.717) is 17.6 Å². The molecule has 3 rings (SSSR count). The van der Waals surface area contributed by atoms with Gasteiger partial charge in [-0.25, -0.2) is 0 Å². The molecule has 0 aromatic carbocycles. The van der Waals surface area contributed by atoms with Crippen molar-refractivity contribution in [2.24, 2.45) is 0 Å². The standard InChI is InChI=1S/C11H16N6O/c1-12-8-4-2-3-5-9(8)18-11-7-13-6-10-14-15-16-17(10)11/h6-9,12H,2-5H2,1H3. The Balaban J connectivity index is 1.84. The van der Waals surface area contributed by atoms with Crippen LogP contribution in [-0.2, 0) is 0 Å². The second-order valence-electron chi connectivity index (χ2n) is 4.53. The Morgan fingerprint density at radius 1 is 1.33 bits per heavy atom. The molecular weight excluding hydrogens is 232 g/mol. The Morgan fingerprint density at radius 2 is 2.22 bits per heavy atom. The zero-order valence-corrected chi connectivity index (χ0v) is 10.3. The molecule has 0 amide bonds. The number of aromatic nitrogens is 5. The molecule has 2 aromatic rings. The van der Waals surface area contributed by atoms with Gasteiger partial charge >= 0.3 is 0 Å². The molecule has 2 atom stereocenters. The summed E-state index contributed by atoms with van der Waals surface area (Å²) in [6, 6.07) is 0.380.